The Balaban J connectivity index is 1.84. The molecule has 10 nitrogen and oxygen atoms in total. The summed E-state index contributed by atoms with van der Waals surface area (Å²) in [6, 6.07) is 26.1. The summed E-state index contributed by atoms with van der Waals surface area (Å²) in [6.45, 7) is 5.95. The Hall–Kier alpha value is -4.74. The highest BCUT2D eigenvalue weighted by atomic mass is 35.5. The van der Waals surface area contributed by atoms with Crippen molar-refractivity contribution in [2.45, 2.75) is 44.7 Å². The van der Waals surface area contributed by atoms with Crippen molar-refractivity contribution in [2.24, 2.45) is 5.92 Å². The van der Waals surface area contributed by atoms with Crippen LogP contribution in [0.15, 0.2) is 102 Å². The van der Waals surface area contributed by atoms with Gasteiger partial charge in [-0.2, -0.15) is 0 Å². The van der Waals surface area contributed by atoms with Crippen LogP contribution in [0.2, 0.25) is 5.02 Å². The van der Waals surface area contributed by atoms with Crippen LogP contribution in [0.5, 0.6) is 17.2 Å². The first-order valence-corrected chi connectivity index (χ1v) is 18.1. The van der Waals surface area contributed by atoms with Crippen LogP contribution < -0.4 is 23.8 Å². The van der Waals surface area contributed by atoms with Crippen LogP contribution in [0.25, 0.3) is 0 Å². The fourth-order valence-corrected chi connectivity index (χ4v) is 6.92. The maximum atomic E-state index is 14.7. The highest BCUT2D eigenvalue weighted by Crippen LogP contribution is 2.33. The lowest BCUT2D eigenvalue weighted by Gasteiger charge is -2.34. The van der Waals surface area contributed by atoms with Gasteiger partial charge in [0.2, 0.25) is 11.8 Å². The van der Waals surface area contributed by atoms with Gasteiger partial charge in [0.1, 0.15) is 18.3 Å². The molecule has 50 heavy (non-hydrogen) atoms. The summed E-state index contributed by atoms with van der Waals surface area (Å²) in [7, 11) is -1.53. The highest BCUT2D eigenvalue weighted by Gasteiger charge is 2.35. The Morgan fingerprint density at radius 1 is 0.860 bits per heavy atom. The first kappa shape index (κ1) is 38.1. The van der Waals surface area contributed by atoms with Crippen molar-refractivity contribution < 1.29 is 32.2 Å². The van der Waals surface area contributed by atoms with E-state index < -0.39 is 28.5 Å². The second-order valence-electron chi connectivity index (χ2n) is 11.9. The molecule has 0 heterocycles. The Bertz CT molecular complexity index is 1840. The molecule has 1 N–H and O–H groups in total. The monoisotopic (exact) mass is 721 g/mol. The van der Waals surface area contributed by atoms with Gasteiger partial charge in [0.05, 0.1) is 31.4 Å². The summed E-state index contributed by atoms with van der Waals surface area (Å²) in [5, 5.41) is 3.39. The number of ether oxygens (including phenoxy) is 3. The second kappa shape index (κ2) is 17.8. The van der Waals surface area contributed by atoms with E-state index in [1.807, 2.05) is 51.1 Å². The molecule has 0 aromatic heterocycles. The number of carbonyl (C=O) groups is 2. The third kappa shape index (κ3) is 9.70. The lowest BCUT2D eigenvalue weighted by Crippen LogP contribution is -2.53. The van der Waals surface area contributed by atoms with Gasteiger partial charge in [-0.05, 0) is 66.4 Å². The quantitative estimate of drug-likeness (QED) is 0.135. The molecule has 0 fully saturated rings. The summed E-state index contributed by atoms with van der Waals surface area (Å²) in [5.41, 5.74) is 1.65. The number of methoxy groups -OCH3 is 2. The first-order chi connectivity index (χ1) is 24.0. The van der Waals surface area contributed by atoms with E-state index in [-0.39, 0.29) is 41.1 Å². The molecule has 0 aliphatic rings. The van der Waals surface area contributed by atoms with Gasteiger partial charge in [0.25, 0.3) is 10.0 Å². The zero-order chi connectivity index (χ0) is 36.3. The first-order valence-electron chi connectivity index (χ1n) is 16.3. The normalized spacial score (nSPS) is 11.8. The molecule has 0 aliphatic heterocycles. The summed E-state index contributed by atoms with van der Waals surface area (Å²) in [5.74, 6) is 0.276. The Kier molecular flexibility index (Phi) is 13.5. The maximum Gasteiger partial charge on any atom is 0.264 e. The van der Waals surface area contributed by atoms with Gasteiger partial charge in [-0.1, -0.05) is 74.0 Å². The minimum absolute atomic E-state index is 0.0430. The lowest BCUT2D eigenvalue weighted by atomic mass is 10.0. The summed E-state index contributed by atoms with van der Waals surface area (Å²) >= 11 is 6.59. The van der Waals surface area contributed by atoms with Crippen molar-refractivity contribution in [2.75, 3.05) is 38.2 Å². The van der Waals surface area contributed by atoms with Crippen molar-refractivity contribution in [1.82, 2.24) is 10.2 Å². The maximum absolute atomic E-state index is 14.7. The molecule has 4 aromatic rings. The lowest BCUT2D eigenvalue weighted by molar-refractivity contribution is -0.140. The molecule has 4 rings (SSSR count). The molecule has 12 heteroatoms. The Morgan fingerprint density at radius 3 is 2.14 bits per heavy atom. The molecule has 0 radical (unpaired) electrons. The van der Waals surface area contributed by atoms with Gasteiger partial charge >= 0.3 is 0 Å². The van der Waals surface area contributed by atoms with Crippen molar-refractivity contribution in [3.05, 3.63) is 113 Å². The summed E-state index contributed by atoms with van der Waals surface area (Å²) in [6.07, 6.45) is 0.187. The Labute approximate surface area is 300 Å². The molecule has 0 bridgehead atoms. The van der Waals surface area contributed by atoms with Gasteiger partial charge in [0.15, 0.2) is 11.5 Å². The highest BCUT2D eigenvalue weighted by molar-refractivity contribution is 7.92. The number of halogens is 1. The van der Waals surface area contributed by atoms with Crippen LogP contribution in [0.4, 0.5) is 5.69 Å². The van der Waals surface area contributed by atoms with Crippen molar-refractivity contribution in [1.29, 1.82) is 0 Å². The van der Waals surface area contributed by atoms with Crippen LogP contribution in [-0.2, 0) is 32.6 Å². The van der Waals surface area contributed by atoms with E-state index in [9.17, 15) is 18.0 Å². The fraction of sp³-hybridized carbons (Fsp3) is 0.316. The molecule has 4 aromatic carbocycles. The predicted octanol–water partition coefficient (Wildman–Crippen LogP) is 6.36. The molecule has 0 spiro atoms. The number of anilines is 1. The van der Waals surface area contributed by atoms with Gasteiger partial charge in [0, 0.05) is 30.6 Å². The average Bonchev–Trinajstić information content (AvgIpc) is 3.12. The van der Waals surface area contributed by atoms with E-state index in [0.717, 1.165) is 9.87 Å². The predicted molar refractivity (Wildman–Crippen MR) is 195 cm³/mol. The SMILES string of the molecule is CCOc1ccc(N(CC(=O)N(Cc2ccccc2Cl)[C@H](Cc2ccccc2)C(=O)NCC(C)C)S(=O)(=O)c2ccc(OC)c(OC)c2)cc1. The number of hydrogen-bond acceptors (Lipinski definition) is 7. The van der Waals surface area contributed by atoms with Gasteiger partial charge < -0.3 is 24.4 Å². The average molecular weight is 722 g/mol. The summed E-state index contributed by atoms with van der Waals surface area (Å²) in [4.78, 5) is 30.0. The van der Waals surface area contributed by atoms with Crippen LogP contribution in [0, 0.1) is 5.92 Å². The topological polar surface area (TPSA) is 114 Å². The van der Waals surface area contributed by atoms with Gasteiger partial charge in [-0.15, -0.1) is 0 Å². The van der Waals surface area contributed by atoms with Gasteiger partial charge in [-0.3, -0.25) is 13.9 Å². The van der Waals surface area contributed by atoms with Crippen LogP contribution in [0.3, 0.4) is 0 Å². The number of sulfonamides is 1. The number of amides is 2. The number of hydrogen-bond donors (Lipinski definition) is 1. The largest absolute Gasteiger partial charge is 0.494 e. The third-order valence-electron chi connectivity index (χ3n) is 7.91. The van der Waals surface area contributed by atoms with Crippen molar-refractivity contribution >= 4 is 39.1 Å². The minimum atomic E-state index is -4.39. The standard InChI is InChI=1S/C38H44ClN3O7S/c1-6-49-31-18-16-30(17-19-31)42(50(45,46)32-20-21-35(47-4)36(23-32)48-5)26-37(43)41(25-29-14-10-11-15-33(29)39)34(38(44)40-24-27(2)3)22-28-12-8-7-9-13-28/h7-21,23,27,34H,6,22,24-26H2,1-5H3,(H,40,44)/t34-/m1/s1. The zero-order valence-corrected chi connectivity index (χ0v) is 30.5. The molecule has 266 valence electrons. The number of carbonyl (C=O) groups excluding carboxylic acids is 2. The molecule has 0 saturated carbocycles. The molecule has 0 aliphatic carbocycles. The Morgan fingerprint density at radius 2 is 1.52 bits per heavy atom. The fourth-order valence-electron chi connectivity index (χ4n) is 5.29. The van der Waals surface area contributed by atoms with Crippen LogP contribution in [0.1, 0.15) is 31.9 Å². The van der Waals surface area contributed by atoms with E-state index in [1.54, 1.807) is 48.5 Å². The van der Waals surface area contributed by atoms with Crippen molar-refractivity contribution in [3.8, 4) is 17.2 Å². The number of benzene rings is 4. The number of rotatable bonds is 17. The van der Waals surface area contributed by atoms with Crippen LogP contribution >= 0.6 is 11.6 Å². The molecule has 2 amide bonds. The molecular weight excluding hydrogens is 678 g/mol. The van der Waals surface area contributed by atoms with Crippen molar-refractivity contribution in [3.63, 3.8) is 0 Å². The van der Waals surface area contributed by atoms with Crippen LogP contribution in [-0.4, -0.2) is 65.1 Å². The molecule has 0 unspecified atom stereocenters. The number of nitrogens with one attached hydrogen (secondary N) is 1. The van der Waals surface area contributed by atoms with E-state index in [4.69, 9.17) is 25.8 Å². The van der Waals surface area contributed by atoms with E-state index >= 15 is 0 Å². The number of nitrogens with zero attached hydrogens (tertiary/aromatic N) is 2. The molecule has 0 saturated heterocycles. The molecular formula is C38H44ClN3O7S. The molecule has 1 atom stereocenters. The summed E-state index contributed by atoms with van der Waals surface area (Å²) < 4.78 is 46.3. The van der Waals surface area contributed by atoms with Gasteiger partial charge in [-0.25, -0.2) is 8.42 Å². The second-order valence-corrected chi connectivity index (χ2v) is 14.2. The van der Waals surface area contributed by atoms with E-state index in [2.05, 4.69) is 5.32 Å². The smallest absolute Gasteiger partial charge is 0.264 e. The minimum Gasteiger partial charge on any atom is -0.494 e. The van der Waals surface area contributed by atoms with E-state index in [0.29, 0.717) is 35.2 Å². The van der Waals surface area contributed by atoms with E-state index in [1.165, 1.54) is 37.3 Å². The third-order valence-corrected chi connectivity index (χ3v) is 10.1. The zero-order valence-electron chi connectivity index (χ0n) is 29.0.